The third-order valence-corrected chi connectivity index (χ3v) is 4.46. The number of rotatable bonds is 18. The van der Waals surface area contributed by atoms with E-state index in [4.69, 9.17) is 28.4 Å². The van der Waals surface area contributed by atoms with E-state index in [1.54, 1.807) is 17.7 Å². The van der Waals surface area contributed by atoms with Gasteiger partial charge in [-0.15, -0.1) is 0 Å². The van der Waals surface area contributed by atoms with E-state index < -0.39 is 0 Å². The number of methoxy groups -OCH3 is 1. The number of pyridine rings is 1. The lowest BCUT2D eigenvalue weighted by molar-refractivity contribution is -0.0157. The van der Waals surface area contributed by atoms with E-state index in [2.05, 4.69) is 0 Å². The van der Waals surface area contributed by atoms with Crippen molar-refractivity contribution in [2.75, 3.05) is 73.2 Å². The van der Waals surface area contributed by atoms with E-state index in [0.29, 0.717) is 72.7 Å². The van der Waals surface area contributed by atoms with E-state index in [-0.39, 0.29) is 5.56 Å². The van der Waals surface area contributed by atoms with Gasteiger partial charge in [0.25, 0.3) is 5.56 Å². The van der Waals surface area contributed by atoms with E-state index in [0.717, 1.165) is 16.8 Å². The summed E-state index contributed by atoms with van der Waals surface area (Å²) < 4.78 is 33.8. The van der Waals surface area contributed by atoms with Crippen molar-refractivity contribution in [2.45, 2.75) is 13.5 Å². The second-order valence-corrected chi connectivity index (χ2v) is 7.08. The van der Waals surface area contributed by atoms with Crippen LogP contribution in [0.5, 0.6) is 0 Å². The molecule has 0 atom stereocenters. The zero-order chi connectivity index (χ0) is 22.9. The smallest absolute Gasteiger partial charge is 0.255 e. The highest BCUT2D eigenvalue weighted by atomic mass is 16.6. The number of hydrogen-bond donors (Lipinski definition) is 0. The number of benzene rings is 1. The second-order valence-electron chi connectivity index (χ2n) is 7.08. The molecule has 1 aromatic heterocycles. The molecule has 2 aromatic rings. The zero-order valence-corrected chi connectivity index (χ0v) is 19.1. The van der Waals surface area contributed by atoms with Crippen LogP contribution in [-0.4, -0.2) is 77.7 Å². The van der Waals surface area contributed by atoms with Crippen molar-refractivity contribution >= 4 is 0 Å². The van der Waals surface area contributed by atoms with Crippen molar-refractivity contribution in [2.24, 2.45) is 0 Å². The molecule has 8 nitrogen and oxygen atoms in total. The van der Waals surface area contributed by atoms with Gasteiger partial charge in [-0.05, 0) is 30.2 Å². The fourth-order valence-electron chi connectivity index (χ4n) is 2.76. The van der Waals surface area contributed by atoms with Gasteiger partial charge in [-0.3, -0.25) is 9.36 Å². The van der Waals surface area contributed by atoms with Crippen LogP contribution < -0.4 is 5.56 Å². The summed E-state index contributed by atoms with van der Waals surface area (Å²) >= 11 is 0. The van der Waals surface area contributed by atoms with Crippen LogP contribution in [0.3, 0.4) is 0 Å². The molecule has 32 heavy (non-hydrogen) atoms. The number of hydrogen-bond acceptors (Lipinski definition) is 7. The van der Waals surface area contributed by atoms with Gasteiger partial charge in [0.2, 0.25) is 0 Å². The van der Waals surface area contributed by atoms with Gasteiger partial charge in [-0.25, -0.2) is 0 Å². The first-order valence-corrected chi connectivity index (χ1v) is 10.9. The predicted octanol–water partition coefficient (Wildman–Crippen LogP) is 2.38. The van der Waals surface area contributed by atoms with Crippen LogP contribution in [0.2, 0.25) is 0 Å². The molecule has 0 aliphatic rings. The molecule has 0 aliphatic carbocycles. The predicted molar refractivity (Wildman–Crippen MR) is 122 cm³/mol. The molecule has 8 heteroatoms. The number of aromatic nitrogens is 1. The summed E-state index contributed by atoms with van der Waals surface area (Å²) in [6.07, 6.45) is 1.84. The van der Waals surface area contributed by atoms with Gasteiger partial charge in [0, 0.05) is 25.1 Å². The summed E-state index contributed by atoms with van der Waals surface area (Å²) in [4.78, 5) is 12.0. The Balaban J connectivity index is 1.44. The maximum Gasteiger partial charge on any atom is 0.255 e. The largest absolute Gasteiger partial charge is 0.382 e. The zero-order valence-electron chi connectivity index (χ0n) is 19.1. The molecule has 0 saturated heterocycles. The molecule has 178 valence electrons. The number of aryl methyl sites for hydroxylation is 1. The Kier molecular flexibility index (Phi) is 13.5. The third-order valence-electron chi connectivity index (χ3n) is 4.46. The van der Waals surface area contributed by atoms with E-state index >= 15 is 0 Å². The number of ether oxygens (including phenoxy) is 6. The van der Waals surface area contributed by atoms with Gasteiger partial charge < -0.3 is 28.4 Å². The number of nitrogens with zero attached hydrogens (tertiary/aromatic N) is 1. The van der Waals surface area contributed by atoms with Gasteiger partial charge in [0.1, 0.15) is 0 Å². The van der Waals surface area contributed by atoms with Crippen LogP contribution in [0, 0.1) is 6.92 Å². The van der Waals surface area contributed by atoms with Crippen LogP contribution in [-0.2, 0) is 35.0 Å². The molecule has 0 radical (unpaired) electrons. The quantitative estimate of drug-likeness (QED) is 0.323. The van der Waals surface area contributed by atoms with Crippen LogP contribution in [0.25, 0.3) is 5.69 Å². The van der Waals surface area contributed by atoms with E-state index in [9.17, 15) is 4.79 Å². The van der Waals surface area contributed by atoms with E-state index in [1.807, 2.05) is 43.5 Å². The fraction of sp³-hybridized carbons (Fsp3) is 0.542. The van der Waals surface area contributed by atoms with Crippen molar-refractivity contribution < 1.29 is 28.4 Å². The summed E-state index contributed by atoms with van der Waals surface area (Å²) in [6.45, 7) is 7.87. The molecule has 0 N–H and O–H groups in total. The summed E-state index contributed by atoms with van der Waals surface area (Å²) in [5, 5.41) is 0. The normalized spacial score (nSPS) is 11.2. The van der Waals surface area contributed by atoms with Crippen LogP contribution in [0.15, 0.2) is 47.4 Å². The first kappa shape index (κ1) is 26.2. The molecule has 0 aliphatic heterocycles. The molecular weight excluding hydrogens is 414 g/mol. The lowest BCUT2D eigenvalue weighted by Crippen LogP contribution is -2.16. The Morgan fingerprint density at radius 1 is 0.656 bits per heavy atom. The fourth-order valence-corrected chi connectivity index (χ4v) is 2.76. The van der Waals surface area contributed by atoms with Crippen LogP contribution >= 0.6 is 0 Å². The Morgan fingerprint density at radius 3 is 1.69 bits per heavy atom. The summed E-state index contributed by atoms with van der Waals surface area (Å²) in [7, 11) is 1.65. The minimum absolute atomic E-state index is 0.0448. The van der Waals surface area contributed by atoms with Crippen molar-refractivity contribution in [3.05, 3.63) is 64.1 Å². The Labute approximate surface area is 190 Å². The standard InChI is InChI=1S/C24H35NO7/c1-21-3-8-24(26)25(19-21)23-6-4-22(5-7-23)20-32-18-17-31-16-15-30-14-13-29-12-11-28-10-9-27-2/h3-8,19H,9-18,20H2,1-2H3. The molecule has 1 heterocycles. The molecule has 0 fully saturated rings. The lowest BCUT2D eigenvalue weighted by Gasteiger charge is -2.09. The highest BCUT2D eigenvalue weighted by molar-refractivity contribution is 5.35. The topological polar surface area (TPSA) is 77.4 Å². The second kappa shape index (κ2) is 16.5. The molecule has 2 rings (SSSR count). The molecular formula is C24H35NO7. The summed E-state index contributed by atoms with van der Waals surface area (Å²) in [6, 6.07) is 11.2. The molecule has 0 unspecified atom stereocenters. The molecule has 0 amide bonds. The van der Waals surface area contributed by atoms with Gasteiger partial charge in [0.15, 0.2) is 0 Å². The van der Waals surface area contributed by atoms with Crippen molar-refractivity contribution in [1.29, 1.82) is 0 Å². The van der Waals surface area contributed by atoms with Gasteiger partial charge in [-0.2, -0.15) is 0 Å². The third kappa shape index (κ3) is 11.0. The first-order chi connectivity index (χ1) is 15.7. The van der Waals surface area contributed by atoms with Gasteiger partial charge in [0.05, 0.1) is 72.7 Å². The average Bonchev–Trinajstić information content (AvgIpc) is 2.81. The minimum Gasteiger partial charge on any atom is -0.382 e. The molecule has 0 bridgehead atoms. The Hall–Kier alpha value is -2.07. The maximum absolute atomic E-state index is 12.0. The van der Waals surface area contributed by atoms with Crippen LogP contribution in [0.4, 0.5) is 0 Å². The minimum atomic E-state index is -0.0448. The molecule has 0 spiro atoms. The maximum atomic E-state index is 12.0. The SMILES string of the molecule is COCCOCCOCCOCCOCCOCc1ccc(-n2cc(C)ccc2=O)cc1. The highest BCUT2D eigenvalue weighted by Gasteiger charge is 2.01. The van der Waals surface area contributed by atoms with Gasteiger partial charge >= 0.3 is 0 Å². The summed E-state index contributed by atoms with van der Waals surface area (Å²) in [5.74, 6) is 0. The lowest BCUT2D eigenvalue weighted by atomic mass is 10.2. The highest BCUT2D eigenvalue weighted by Crippen LogP contribution is 2.09. The first-order valence-electron chi connectivity index (χ1n) is 10.9. The molecule has 0 saturated carbocycles. The van der Waals surface area contributed by atoms with Crippen molar-refractivity contribution in [1.82, 2.24) is 4.57 Å². The van der Waals surface area contributed by atoms with E-state index in [1.165, 1.54) is 0 Å². The van der Waals surface area contributed by atoms with Gasteiger partial charge in [-0.1, -0.05) is 18.2 Å². The van der Waals surface area contributed by atoms with Crippen molar-refractivity contribution in [3.63, 3.8) is 0 Å². The van der Waals surface area contributed by atoms with Crippen molar-refractivity contribution in [3.8, 4) is 5.69 Å². The summed E-state index contributed by atoms with van der Waals surface area (Å²) in [5.41, 5.74) is 2.88. The average molecular weight is 450 g/mol. The Morgan fingerprint density at radius 2 is 1.16 bits per heavy atom. The monoisotopic (exact) mass is 449 g/mol. The Bertz CT molecular complexity index is 792. The van der Waals surface area contributed by atoms with Crippen LogP contribution in [0.1, 0.15) is 11.1 Å². The molecule has 1 aromatic carbocycles.